The van der Waals surface area contributed by atoms with Crippen LogP contribution in [0.1, 0.15) is 53.5 Å². The SMILES string of the molecule is CC(C)CC(CNC(=O)Cc1cn2c(C(=O)NCCc3ccccc3)cccc2n1)c1ccc(Cl)cc1. The van der Waals surface area contributed by atoms with E-state index in [1.165, 1.54) is 5.56 Å². The van der Waals surface area contributed by atoms with Gasteiger partial charge in [-0.05, 0) is 54.2 Å². The number of pyridine rings is 1. The van der Waals surface area contributed by atoms with Gasteiger partial charge in [0.25, 0.3) is 5.91 Å². The van der Waals surface area contributed by atoms with Crippen molar-refractivity contribution < 1.29 is 9.59 Å². The molecule has 0 fully saturated rings. The summed E-state index contributed by atoms with van der Waals surface area (Å²) in [4.78, 5) is 30.2. The lowest BCUT2D eigenvalue weighted by atomic mass is 9.90. The molecule has 0 bridgehead atoms. The molecule has 0 aliphatic heterocycles. The number of benzene rings is 2. The summed E-state index contributed by atoms with van der Waals surface area (Å²) in [6, 6.07) is 23.3. The summed E-state index contributed by atoms with van der Waals surface area (Å²) in [6.07, 6.45) is 3.63. The Balaban J connectivity index is 1.37. The van der Waals surface area contributed by atoms with E-state index in [4.69, 9.17) is 11.6 Å². The smallest absolute Gasteiger partial charge is 0.268 e. The summed E-state index contributed by atoms with van der Waals surface area (Å²) < 4.78 is 1.75. The van der Waals surface area contributed by atoms with Gasteiger partial charge in [-0.2, -0.15) is 0 Å². The molecule has 2 aromatic carbocycles. The zero-order valence-corrected chi connectivity index (χ0v) is 22.0. The van der Waals surface area contributed by atoms with Crippen molar-refractivity contribution >= 4 is 29.1 Å². The van der Waals surface area contributed by atoms with E-state index >= 15 is 0 Å². The zero-order valence-electron chi connectivity index (χ0n) is 21.3. The first-order valence-electron chi connectivity index (χ1n) is 12.7. The molecule has 2 aromatic heterocycles. The van der Waals surface area contributed by atoms with Gasteiger partial charge < -0.3 is 10.6 Å². The third kappa shape index (κ3) is 7.43. The van der Waals surface area contributed by atoms with Crippen LogP contribution in [-0.2, 0) is 17.6 Å². The number of nitrogens with zero attached hydrogens (tertiary/aromatic N) is 2. The molecule has 2 heterocycles. The molecule has 0 aliphatic rings. The van der Waals surface area contributed by atoms with Crippen LogP contribution in [0.3, 0.4) is 0 Å². The number of carbonyl (C=O) groups is 2. The van der Waals surface area contributed by atoms with Gasteiger partial charge in [0.2, 0.25) is 5.91 Å². The monoisotopic (exact) mass is 516 g/mol. The predicted molar refractivity (Wildman–Crippen MR) is 148 cm³/mol. The summed E-state index contributed by atoms with van der Waals surface area (Å²) in [5.41, 5.74) is 4.08. The quantitative estimate of drug-likeness (QED) is 0.278. The third-order valence-electron chi connectivity index (χ3n) is 6.30. The number of halogens is 1. The molecule has 4 aromatic rings. The Morgan fingerprint density at radius 1 is 0.946 bits per heavy atom. The first-order valence-corrected chi connectivity index (χ1v) is 13.1. The molecule has 37 heavy (non-hydrogen) atoms. The number of aromatic nitrogens is 2. The van der Waals surface area contributed by atoms with Crippen LogP contribution in [-0.4, -0.2) is 34.3 Å². The summed E-state index contributed by atoms with van der Waals surface area (Å²) >= 11 is 6.05. The van der Waals surface area contributed by atoms with Crippen LogP contribution in [0.15, 0.2) is 79.0 Å². The van der Waals surface area contributed by atoms with Crippen molar-refractivity contribution in [3.63, 3.8) is 0 Å². The van der Waals surface area contributed by atoms with Gasteiger partial charge >= 0.3 is 0 Å². The van der Waals surface area contributed by atoms with E-state index in [2.05, 4.69) is 29.5 Å². The van der Waals surface area contributed by atoms with Crippen molar-refractivity contribution in [1.82, 2.24) is 20.0 Å². The van der Waals surface area contributed by atoms with Gasteiger partial charge in [-0.3, -0.25) is 14.0 Å². The zero-order chi connectivity index (χ0) is 26.2. The Kier molecular flexibility index (Phi) is 8.96. The number of hydrogen-bond donors (Lipinski definition) is 2. The fourth-order valence-electron chi connectivity index (χ4n) is 4.49. The Hall–Kier alpha value is -3.64. The molecule has 6 nitrogen and oxygen atoms in total. The summed E-state index contributed by atoms with van der Waals surface area (Å²) in [7, 11) is 0. The van der Waals surface area contributed by atoms with Gasteiger partial charge in [-0.1, -0.05) is 74.0 Å². The molecule has 192 valence electrons. The fourth-order valence-corrected chi connectivity index (χ4v) is 4.62. The number of imidazole rings is 1. The molecule has 0 saturated carbocycles. The highest BCUT2D eigenvalue weighted by atomic mass is 35.5. The van der Waals surface area contributed by atoms with Crippen molar-refractivity contribution in [2.45, 2.75) is 39.0 Å². The van der Waals surface area contributed by atoms with Crippen LogP contribution >= 0.6 is 11.6 Å². The van der Waals surface area contributed by atoms with Crippen molar-refractivity contribution in [1.29, 1.82) is 0 Å². The molecular weight excluding hydrogens is 484 g/mol. The standard InChI is InChI=1S/C30H33ClN4O2/c1-21(2)17-24(23-11-13-25(31)14-12-23)19-33-29(36)18-26-20-35-27(9-6-10-28(35)34-26)30(37)32-16-15-22-7-4-3-5-8-22/h3-14,20-21,24H,15-19H2,1-2H3,(H,32,37)(H,33,36). The highest BCUT2D eigenvalue weighted by molar-refractivity contribution is 6.30. The first-order chi connectivity index (χ1) is 17.9. The molecule has 0 saturated heterocycles. The molecule has 0 spiro atoms. The van der Waals surface area contributed by atoms with Gasteiger partial charge in [0.15, 0.2) is 0 Å². The van der Waals surface area contributed by atoms with Crippen molar-refractivity contribution in [2.24, 2.45) is 5.92 Å². The highest BCUT2D eigenvalue weighted by Gasteiger charge is 2.17. The van der Waals surface area contributed by atoms with Gasteiger partial charge in [0, 0.05) is 30.2 Å². The van der Waals surface area contributed by atoms with Crippen LogP contribution in [0.2, 0.25) is 5.02 Å². The van der Waals surface area contributed by atoms with Crippen molar-refractivity contribution in [3.05, 3.63) is 107 Å². The fraction of sp³-hybridized carbons (Fsp3) is 0.300. The Labute approximate surface area is 223 Å². The van der Waals surface area contributed by atoms with Crippen LogP contribution in [0, 0.1) is 5.92 Å². The van der Waals surface area contributed by atoms with Crippen molar-refractivity contribution in [3.8, 4) is 0 Å². The first kappa shape index (κ1) is 26.4. The summed E-state index contributed by atoms with van der Waals surface area (Å²) in [6.45, 7) is 5.43. The lowest BCUT2D eigenvalue weighted by Gasteiger charge is -2.20. The second kappa shape index (κ2) is 12.5. The number of carbonyl (C=O) groups excluding carboxylic acids is 2. The highest BCUT2D eigenvalue weighted by Crippen LogP contribution is 2.24. The van der Waals surface area contributed by atoms with Gasteiger partial charge in [-0.15, -0.1) is 0 Å². The maximum absolute atomic E-state index is 12.9. The number of amides is 2. The van der Waals surface area contributed by atoms with E-state index in [0.717, 1.165) is 18.4 Å². The Bertz CT molecular complexity index is 1330. The number of nitrogens with one attached hydrogen (secondary N) is 2. The van der Waals surface area contributed by atoms with E-state index in [0.29, 0.717) is 41.1 Å². The Morgan fingerprint density at radius 2 is 1.70 bits per heavy atom. The lowest BCUT2D eigenvalue weighted by Crippen LogP contribution is -2.30. The van der Waals surface area contributed by atoms with Gasteiger partial charge in [0.1, 0.15) is 11.3 Å². The molecule has 2 N–H and O–H groups in total. The molecule has 0 aliphatic carbocycles. The molecule has 0 radical (unpaired) electrons. The minimum absolute atomic E-state index is 0.0972. The van der Waals surface area contributed by atoms with Crippen LogP contribution < -0.4 is 10.6 Å². The van der Waals surface area contributed by atoms with E-state index in [1.54, 1.807) is 22.7 Å². The van der Waals surface area contributed by atoms with E-state index in [1.807, 2.05) is 60.7 Å². The predicted octanol–water partition coefficient (Wildman–Crippen LogP) is 5.45. The van der Waals surface area contributed by atoms with E-state index in [9.17, 15) is 9.59 Å². The normalized spacial score (nSPS) is 12.0. The maximum atomic E-state index is 12.9. The largest absolute Gasteiger partial charge is 0.355 e. The molecular formula is C30H33ClN4O2. The number of rotatable bonds is 11. The Morgan fingerprint density at radius 3 is 2.43 bits per heavy atom. The molecule has 1 unspecified atom stereocenters. The second-order valence-corrected chi connectivity index (χ2v) is 10.2. The minimum Gasteiger partial charge on any atom is -0.355 e. The van der Waals surface area contributed by atoms with Gasteiger partial charge in [-0.25, -0.2) is 4.98 Å². The summed E-state index contributed by atoms with van der Waals surface area (Å²) in [5, 5.41) is 6.76. The average molecular weight is 517 g/mol. The number of hydrogen-bond acceptors (Lipinski definition) is 3. The van der Waals surface area contributed by atoms with Crippen LogP contribution in [0.4, 0.5) is 0 Å². The molecule has 1 atom stereocenters. The lowest BCUT2D eigenvalue weighted by molar-refractivity contribution is -0.120. The van der Waals surface area contributed by atoms with Crippen molar-refractivity contribution in [2.75, 3.05) is 13.1 Å². The topological polar surface area (TPSA) is 75.5 Å². The maximum Gasteiger partial charge on any atom is 0.268 e. The van der Waals surface area contributed by atoms with E-state index < -0.39 is 0 Å². The number of fused-ring (bicyclic) bond motifs is 1. The minimum atomic E-state index is -0.172. The van der Waals surface area contributed by atoms with Gasteiger partial charge in [0.05, 0.1) is 12.1 Å². The molecule has 2 amide bonds. The third-order valence-corrected chi connectivity index (χ3v) is 6.55. The molecule has 4 rings (SSSR count). The van der Waals surface area contributed by atoms with E-state index in [-0.39, 0.29) is 24.2 Å². The average Bonchev–Trinajstić information content (AvgIpc) is 3.30. The summed E-state index contributed by atoms with van der Waals surface area (Å²) in [5.74, 6) is 0.427. The second-order valence-electron chi connectivity index (χ2n) is 9.72. The molecule has 7 heteroatoms. The van der Waals surface area contributed by atoms with Crippen LogP contribution in [0.25, 0.3) is 5.65 Å². The van der Waals surface area contributed by atoms with Crippen LogP contribution in [0.5, 0.6) is 0 Å².